The minimum Gasteiger partial charge on any atom is -0.327 e. The summed E-state index contributed by atoms with van der Waals surface area (Å²) in [7, 11) is -3.25. The Morgan fingerprint density at radius 3 is 2.39 bits per heavy atom. The highest BCUT2D eigenvalue weighted by atomic mass is 32.2. The van der Waals surface area contributed by atoms with E-state index in [1.807, 2.05) is 32.9 Å². The second-order valence-electron chi connectivity index (χ2n) is 5.45. The summed E-state index contributed by atoms with van der Waals surface area (Å²) in [6.45, 7) is 5.78. The van der Waals surface area contributed by atoms with Crippen molar-refractivity contribution in [3.63, 3.8) is 0 Å². The zero-order valence-corrected chi connectivity index (χ0v) is 12.0. The molecule has 0 spiro atoms. The van der Waals surface area contributed by atoms with Gasteiger partial charge in [-0.15, -0.1) is 0 Å². The van der Waals surface area contributed by atoms with E-state index in [-0.39, 0.29) is 17.2 Å². The zero-order valence-electron chi connectivity index (χ0n) is 11.2. The first-order chi connectivity index (χ1) is 8.34. The van der Waals surface area contributed by atoms with E-state index in [1.54, 1.807) is 6.07 Å². The average molecular weight is 267 g/mol. The third kappa shape index (κ3) is 2.19. The molecule has 2 N–H and O–H groups in total. The summed E-state index contributed by atoms with van der Waals surface area (Å²) in [5.41, 5.74) is 7.86. The summed E-state index contributed by atoms with van der Waals surface area (Å²) >= 11 is 0. The first-order valence-electron chi connectivity index (χ1n) is 6.41. The Bertz CT molecular complexity index is 551. The maximum absolute atomic E-state index is 12.7. The quantitative estimate of drug-likeness (QED) is 0.893. The molecule has 3 atom stereocenters. The van der Waals surface area contributed by atoms with Gasteiger partial charge in [0.25, 0.3) is 0 Å². The Morgan fingerprint density at radius 1 is 1.22 bits per heavy atom. The summed E-state index contributed by atoms with van der Waals surface area (Å²) in [6.07, 6.45) is 1.48. The molecule has 1 aliphatic rings. The van der Waals surface area contributed by atoms with Crippen molar-refractivity contribution in [2.24, 2.45) is 11.7 Å². The number of aryl methyl sites for hydroxylation is 2. The molecule has 3 nitrogen and oxygen atoms in total. The fraction of sp³-hybridized carbons (Fsp3) is 0.571. The maximum atomic E-state index is 12.7. The summed E-state index contributed by atoms with van der Waals surface area (Å²) in [6, 6.07) is 5.53. The first-order valence-corrected chi connectivity index (χ1v) is 7.95. The third-order valence-corrected chi connectivity index (χ3v) is 6.62. The van der Waals surface area contributed by atoms with E-state index in [4.69, 9.17) is 5.73 Å². The van der Waals surface area contributed by atoms with E-state index in [0.717, 1.165) is 17.5 Å². The van der Waals surface area contributed by atoms with Gasteiger partial charge in [-0.1, -0.05) is 24.6 Å². The number of rotatable bonds is 2. The molecule has 3 unspecified atom stereocenters. The standard InChI is InChI=1S/C14H21NO2S/c1-9-4-6-13(10(2)8-9)18(16,17)14-7-5-12(15)11(14)3/h4,6,8,11-12,14H,5,7,15H2,1-3H3. The number of hydrogen-bond acceptors (Lipinski definition) is 3. The smallest absolute Gasteiger partial charge is 0.181 e. The first kappa shape index (κ1) is 13.6. The van der Waals surface area contributed by atoms with Gasteiger partial charge in [-0.2, -0.15) is 0 Å². The van der Waals surface area contributed by atoms with Crippen LogP contribution < -0.4 is 5.73 Å². The van der Waals surface area contributed by atoms with Crippen LogP contribution in [0.1, 0.15) is 30.9 Å². The Labute approximate surface area is 109 Å². The van der Waals surface area contributed by atoms with E-state index in [0.29, 0.717) is 11.3 Å². The lowest BCUT2D eigenvalue weighted by Gasteiger charge is -2.19. The monoisotopic (exact) mass is 267 g/mol. The van der Waals surface area contributed by atoms with Crippen LogP contribution in [0.3, 0.4) is 0 Å². The molecule has 0 aromatic heterocycles. The largest absolute Gasteiger partial charge is 0.327 e. The molecule has 1 saturated carbocycles. The van der Waals surface area contributed by atoms with Gasteiger partial charge in [-0.05, 0) is 44.2 Å². The molecule has 0 radical (unpaired) electrons. The predicted molar refractivity (Wildman–Crippen MR) is 73.3 cm³/mol. The summed E-state index contributed by atoms with van der Waals surface area (Å²) in [4.78, 5) is 0.471. The third-order valence-electron chi connectivity index (χ3n) is 4.08. The molecule has 18 heavy (non-hydrogen) atoms. The van der Waals surface area contributed by atoms with Crippen molar-refractivity contribution in [3.05, 3.63) is 29.3 Å². The van der Waals surface area contributed by atoms with Crippen molar-refractivity contribution in [3.8, 4) is 0 Å². The second-order valence-corrected chi connectivity index (χ2v) is 7.59. The van der Waals surface area contributed by atoms with Crippen LogP contribution in [0.5, 0.6) is 0 Å². The molecule has 0 heterocycles. The van der Waals surface area contributed by atoms with Gasteiger partial charge in [0, 0.05) is 6.04 Å². The van der Waals surface area contributed by atoms with Crippen molar-refractivity contribution in [2.75, 3.05) is 0 Å². The van der Waals surface area contributed by atoms with Crippen LogP contribution in [-0.2, 0) is 9.84 Å². The lowest BCUT2D eigenvalue weighted by Crippen LogP contribution is -2.32. The van der Waals surface area contributed by atoms with Gasteiger partial charge in [0.1, 0.15) is 0 Å². The molecule has 0 bridgehead atoms. The molecule has 0 saturated heterocycles. The Hall–Kier alpha value is -0.870. The van der Waals surface area contributed by atoms with Gasteiger partial charge in [-0.3, -0.25) is 0 Å². The van der Waals surface area contributed by atoms with Crippen LogP contribution in [-0.4, -0.2) is 19.7 Å². The number of hydrogen-bond donors (Lipinski definition) is 1. The van der Waals surface area contributed by atoms with Crippen molar-refractivity contribution in [1.29, 1.82) is 0 Å². The SMILES string of the molecule is Cc1ccc(S(=O)(=O)C2CCC(N)C2C)c(C)c1. The minimum atomic E-state index is -3.25. The molecule has 2 rings (SSSR count). The Morgan fingerprint density at radius 2 is 1.89 bits per heavy atom. The molecular formula is C14H21NO2S. The molecule has 1 aromatic carbocycles. The Balaban J connectivity index is 2.43. The fourth-order valence-corrected chi connectivity index (χ4v) is 5.18. The molecule has 0 amide bonds. The molecule has 0 aliphatic heterocycles. The Kier molecular flexibility index (Phi) is 3.52. The van der Waals surface area contributed by atoms with Gasteiger partial charge < -0.3 is 5.73 Å². The van der Waals surface area contributed by atoms with Crippen LogP contribution in [0.4, 0.5) is 0 Å². The van der Waals surface area contributed by atoms with Crippen LogP contribution in [0, 0.1) is 19.8 Å². The van der Waals surface area contributed by atoms with E-state index >= 15 is 0 Å². The van der Waals surface area contributed by atoms with Gasteiger partial charge in [0.15, 0.2) is 9.84 Å². The molecule has 1 fully saturated rings. The van der Waals surface area contributed by atoms with Gasteiger partial charge >= 0.3 is 0 Å². The van der Waals surface area contributed by atoms with E-state index in [2.05, 4.69) is 0 Å². The van der Waals surface area contributed by atoms with Gasteiger partial charge in [0.2, 0.25) is 0 Å². The number of nitrogens with two attached hydrogens (primary N) is 1. The van der Waals surface area contributed by atoms with E-state index in [9.17, 15) is 8.42 Å². The fourth-order valence-electron chi connectivity index (χ4n) is 2.88. The summed E-state index contributed by atoms with van der Waals surface area (Å²) < 4.78 is 25.3. The zero-order chi connectivity index (χ0) is 13.5. The van der Waals surface area contributed by atoms with E-state index in [1.165, 1.54) is 0 Å². The summed E-state index contributed by atoms with van der Waals surface area (Å²) in [5, 5.41) is -0.325. The normalized spacial score (nSPS) is 28.6. The van der Waals surface area contributed by atoms with Crippen molar-refractivity contribution in [2.45, 2.75) is 49.8 Å². The molecular weight excluding hydrogens is 246 g/mol. The van der Waals surface area contributed by atoms with Gasteiger partial charge in [0.05, 0.1) is 10.1 Å². The van der Waals surface area contributed by atoms with Crippen LogP contribution in [0.15, 0.2) is 23.1 Å². The highest BCUT2D eigenvalue weighted by Crippen LogP contribution is 2.34. The topological polar surface area (TPSA) is 60.2 Å². The van der Waals surface area contributed by atoms with Gasteiger partial charge in [-0.25, -0.2) is 8.42 Å². The number of benzene rings is 1. The van der Waals surface area contributed by atoms with Crippen molar-refractivity contribution < 1.29 is 8.42 Å². The van der Waals surface area contributed by atoms with E-state index < -0.39 is 9.84 Å². The highest BCUT2D eigenvalue weighted by Gasteiger charge is 2.40. The molecule has 1 aromatic rings. The highest BCUT2D eigenvalue weighted by molar-refractivity contribution is 7.92. The second kappa shape index (κ2) is 4.67. The average Bonchev–Trinajstić information content (AvgIpc) is 2.59. The van der Waals surface area contributed by atoms with Crippen LogP contribution in [0.2, 0.25) is 0 Å². The molecule has 1 aliphatic carbocycles. The maximum Gasteiger partial charge on any atom is 0.181 e. The van der Waals surface area contributed by atoms with Crippen LogP contribution in [0.25, 0.3) is 0 Å². The van der Waals surface area contributed by atoms with Crippen molar-refractivity contribution >= 4 is 9.84 Å². The summed E-state index contributed by atoms with van der Waals surface area (Å²) in [5.74, 6) is 0.0377. The lowest BCUT2D eigenvalue weighted by molar-refractivity contribution is 0.506. The molecule has 100 valence electrons. The number of sulfone groups is 1. The lowest BCUT2D eigenvalue weighted by atomic mass is 10.1. The predicted octanol–water partition coefficient (Wildman–Crippen LogP) is 2.20. The van der Waals surface area contributed by atoms with Crippen LogP contribution >= 0.6 is 0 Å². The molecule has 4 heteroatoms. The minimum absolute atomic E-state index is 0.00975. The van der Waals surface area contributed by atoms with Crippen molar-refractivity contribution in [1.82, 2.24) is 0 Å².